The normalized spacial score (nSPS) is 24.2. The summed E-state index contributed by atoms with van der Waals surface area (Å²) in [4.78, 5) is 47.1. The molecule has 4 heterocycles. The fourth-order valence-corrected chi connectivity index (χ4v) is 8.50. The van der Waals surface area contributed by atoms with E-state index in [1.165, 1.54) is 0 Å². The molecule has 10 heteroatoms. The van der Waals surface area contributed by atoms with Crippen LogP contribution in [0.3, 0.4) is 0 Å². The highest BCUT2D eigenvalue weighted by Gasteiger charge is 2.57. The Hall–Kier alpha value is -5.82. The number of fused-ring (bicyclic) bond motifs is 6. The molecule has 2 N–H and O–H groups in total. The lowest BCUT2D eigenvalue weighted by molar-refractivity contribution is 0.0175. The number of benzene rings is 4. The number of imidazole rings is 2. The van der Waals surface area contributed by atoms with Crippen molar-refractivity contribution in [2.45, 2.75) is 82.8 Å². The Morgan fingerprint density at radius 1 is 0.755 bits per heavy atom. The predicted molar refractivity (Wildman–Crippen MR) is 201 cm³/mol. The Labute approximate surface area is 306 Å². The molecule has 53 heavy (non-hydrogen) atoms. The van der Waals surface area contributed by atoms with Gasteiger partial charge in [0.25, 0.3) is 0 Å². The summed E-state index contributed by atoms with van der Waals surface area (Å²) < 4.78 is 11.5. The number of amides is 2. The monoisotopic (exact) mass is 704 g/mol. The fraction of sp³-hybridized carbons (Fsp3) is 0.349. The highest BCUT2D eigenvalue weighted by atomic mass is 16.6. The number of ether oxygens (including phenoxy) is 2. The van der Waals surface area contributed by atoms with Gasteiger partial charge in [0, 0.05) is 28.6 Å². The molecule has 4 fully saturated rings. The van der Waals surface area contributed by atoms with Crippen LogP contribution in [0.25, 0.3) is 32.8 Å². The second-order valence-electron chi connectivity index (χ2n) is 16.1. The molecule has 2 aromatic heterocycles. The fourth-order valence-electron chi connectivity index (χ4n) is 8.50. The summed E-state index contributed by atoms with van der Waals surface area (Å²) in [7, 11) is 0. The molecule has 0 radical (unpaired) electrons. The number of carbonyl (C=O) groups is 2. The van der Waals surface area contributed by atoms with E-state index in [-0.39, 0.29) is 43.0 Å². The van der Waals surface area contributed by atoms with Gasteiger partial charge >= 0.3 is 12.2 Å². The quantitative estimate of drug-likeness (QED) is 0.178. The van der Waals surface area contributed by atoms with Crippen molar-refractivity contribution in [2.75, 3.05) is 0 Å². The van der Waals surface area contributed by atoms with E-state index in [4.69, 9.17) is 19.4 Å². The lowest BCUT2D eigenvalue weighted by Crippen LogP contribution is -2.38. The van der Waals surface area contributed by atoms with E-state index in [0.29, 0.717) is 11.8 Å². The molecular weight excluding hydrogens is 665 g/mol. The summed E-state index contributed by atoms with van der Waals surface area (Å²) in [6, 6.07) is 26.3. The number of aromatic nitrogens is 4. The zero-order valence-electron chi connectivity index (χ0n) is 29.9. The largest absolute Gasteiger partial charge is 0.445 e. The maximum atomic E-state index is 13.3. The lowest BCUT2D eigenvalue weighted by atomic mass is 10.1. The Kier molecular flexibility index (Phi) is 7.13. The van der Waals surface area contributed by atoms with E-state index in [1.807, 2.05) is 85.2 Å². The third kappa shape index (κ3) is 5.85. The maximum Gasteiger partial charge on any atom is 0.411 e. The average Bonchev–Trinajstić information content (AvgIpc) is 3.79. The van der Waals surface area contributed by atoms with Crippen molar-refractivity contribution < 1.29 is 19.1 Å². The Balaban J connectivity index is 0.868. The standard InChI is InChI=1S/C43H40N6O4/c1-43(2,3)53-42(51)49-35-20-29(35)21-36(49)39-44-31-15-12-25(18-33(31)46-39)10-9-24-11-14-30-27(17-24)13-16-32-38(30)47-40(45-32)37-22-28-19-34(28)48(37)41(50)52-23-26-7-5-4-6-8-26/h4-8,11-18,28-29,34-37H,19-23H2,1-3H3,(H,44,46)(H,45,47)/t28-,29-,34-,35-,36+,37+/m1/s1. The Bertz CT molecular complexity index is 2500. The molecule has 10 nitrogen and oxygen atoms in total. The van der Waals surface area contributed by atoms with E-state index < -0.39 is 5.60 Å². The number of likely N-dealkylation sites (tertiary alicyclic amines) is 2. The van der Waals surface area contributed by atoms with Crippen LogP contribution in [-0.4, -0.2) is 59.6 Å². The Morgan fingerprint density at radius 2 is 1.42 bits per heavy atom. The van der Waals surface area contributed by atoms with Gasteiger partial charge < -0.3 is 19.4 Å². The minimum atomic E-state index is -0.546. The first-order chi connectivity index (χ1) is 25.6. The average molecular weight is 705 g/mol. The smallest absolute Gasteiger partial charge is 0.411 e. The number of aromatic amines is 2. The van der Waals surface area contributed by atoms with Gasteiger partial charge in [-0.2, -0.15) is 0 Å². The van der Waals surface area contributed by atoms with Crippen LogP contribution in [-0.2, 0) is 16.1 Å². The summed E-state index contributed by atoms with van der Waals surface area (Å²) in [6.45, 7) is 5.96. The van der Waals surface area contributed by atoms with E-state index in [2.05, 4.69) is 46.1 Å². The van der Waals surface area contributed by atoms with Crippen LogP contribution in [0.15, 0.2) is 78.9 Å². The number of H-pyrrole nitrogens is 2. The van der Waals surface area contributed by atoms with Gasteiger partial charge in [-0.15, -0.1) is 0 Å². The summed E-state index contributed by atoms with van der Waals surface area (Å²) in [5, 5.41) is 2.09. The molecule has 2 saturated carbocycles. The van der Waals surface area contributed by atoms with Gasteiger partial charge in [0.05, 0.1) is 34.2 Å². The van der Waals surface area contributed by atoms with Crippen molar-refractivity contribution in [3.8, 4) is 11.8 Å². The van der Waals surface area contributed by atoms with Crippen molar-refractivity contribution in [3.63, 3.8) is 0 Å². The maximum absolute atomic E-state index is 13.3. The first kappa shape index (κ1) is 31.9. The van der Waals surface area contributed by atoms with E-state index in [0.717, 1.165) is 86.9 Å². The molecular formula is C43H40N6O4. The lowest BCUT2D eigenvalue weighted by Gasteiger charge is -2.29. The zero-order chi connectivity index (χ0) is 36.0. The number of rotatable bonds is 4. The van der Waals surface area contributed by atoms with Crippen LogP contribution < -0.4 is 0 Å². The molecule has 4 aliphatic rings. The van der Waals surface area contributed by atoms with Crippen LogP contribution in [0.1, 0.15) is 86.9 Å². The third-order valence-corrected chi connectivity index (χ3v) is 11.2. The van der Waals surface area contributed by atoms with Gasteiger partial charge in [-0.25, -0.2) is 19.6 Å². The summed E-state index contributed by atoms with van der Waals surface area (Å²) in [5.41, 5.74) is 5.79. The second kappa shape index (κ2) is 11.9. The number of nitrogens with zero attached hydrogens (tertiary/aromatic N) is 4. The van der Waals surface area contributed by atoms with Crippen molar-refractivity contribution in [1.82, 2.24) is 29.7 Å². The molecule has 10 rings (SSSR count). The first-order valence-electron chi connectivity index (χ1n) is 18.6. The topological polar surface area (TPSA) is 116 Å². The van der Waals surface area contributed by atoms with Gasteiger partial charge in [0.2, 0.25) is 0 Å². The van der Waals surface area contributed by atoms with Crippen molar-refractivity contribution in [1.29, 1.82) is 0 Å². The molecule has 2 aliphatic heterocycles. The predicted octanol–water partition coefficient (Wildman–Crippen LogP) is 8.53. The summed E-state index contributed by atoms with van der Waals surface area (Å²) in [6.07, 6.45) is 3.30. The van der Waals surface area contributed by atoms with Gasteiger partial charge in [-0.05, 0) is 106 Å². The summed E-state index contributed by atoms with van der Waals surface area (Å²) >= 11 is 0. The van der Waals surface area contributed by atoms with Crippen molar-refractivity contribution in [2.24, 2.45) is 11.8 Å². The molecule has 2 saturated heterocycles. The van der Waals surface area contributed by atoms with Crippen molar-refractivity contribution >= 4 is 45.0 Å². The highest BCUT2D eigenvalue weighted by molar-refractivity contribution is 6.04. The number of piperidine rings is 2. The van der Waals surface area contributed by atoms with Gasteiger partial charge in [-0.3, -0.25) is 9.80 Å². The van der Waals surface area contributed by atoms with E-state index >= 15 is 0 Å². The zero-order valence-corrected chi connectivity index (χ0v) is 29.9. The third-order valence-electron chi connectivity index (χ3n) is 11.2. The first-order valence-corrected chi connectivity index (χ1v) is 18.6. The van der Waals surface area contributed by atoms with Crippen molar-refractivity contribution in [3.05, 3.63) is 107 Å². The number of carbonyl (C=O) groups excluding carboxylic acids is 2. The molecule has 6 atom stereocenters. The van der Waals surface area contributed by atoms with Gasteiger partial charge in [0.1, 0.15) is 23.9 Å². The second-order valence-corrected chi connectivity index (χ2v) is 16.1. The number of hydrogen-bond acceptors (Lipinski definition) is 6. The molecule has 0 unspecified atom stereocenters. The van der Waals surface area contributed by atoms with Gasteiger partial charge in [0.15, 0.2) is 0 Å². The number of nitrogens with one attached hydrogen (secondary N) is 2. The molecule has 2 aliphatic carbocycles. The van der Waals surface area contributed by atoms with Crippen LogP contribution in [0.5, 0.6) is 0 Å². The molecule has 266 valence electrons. The molecule has 4 aromatic carbocycles. The molecule has 6 aromatic rings. The molecule has 0 spiro atoms. The minimum Gasteiger partial charge on any atom is -0.445 e. The van der Waals surface area contributed by atoms with Gasteiger partial charge in [-0.1, -0.05) is 54.3 Å². The van der Waals surface area contributed by atoms with Crippen LogP contribution >= 0.6 is 0 Å². The van der Waals surface area contributed by atoms with Crippen LogP contribution in [0.2, 0.25) is 0 Å². The molecule has 2 amide bonds. The SMILES string of the molecule is CC(C)(C)OC(=O)N1[C@@H]2C[C@@H]2C[C@H]1c1nc2ccc(C#Cc3ccc4c(ccc5[nH]c([C@@H]6C[C@H]7C[C@H]7N6C(=O)OCc6ccccc6)nc54)c3)cc2[nH]1. The Morgan fingerprint density at radius 3 is 2.15 bits per heavy atom. The van der Waals surface area contributed by atoms with Crippen LogP contribution in [0, 0.1) is 23.7 Å². The van der Waals surface area contributed by atoms with E-state index in [1.54, 1.807) is 0 Å². The minimum absolute atomic E-state index is 0.116. The number of hydrogen-bond donors (Lipinski definition) is 2. The highest BCUT2D eigenvalue weighted by Crippen LogP contribution is 2.54. The van der Waals surface area contributed by atoms with E-state index in [9.17, 15) is 9.59 Å². The summed E-state index contributed by atoms with van der Waals surface area (Å²) in [5.74, 6) is 9.29. The molecule has 0 bridgehead atoms. The van der Waals surface area contributed by atoms with Crippen LogP contribution in [0.4, 0.5) is 9.59 Å².